The van der Waals surface area contributed by atoms with E-state index >= 15 is 0 Å². The number of anilines is 2. The minimum atomic E-state index is -2.89. The van der Waals surface area contributed by atoms with Crippen LogP contribution in [0.25, 0.3) is 22.2 Å². The molecule has 4 aromatic rings. The Hall–Kier alpha value is -3.94. The lowest BCUT2D eigenvalue weighted by Crippen LogP contribution is -2.19. The first-order valence-electron chi connectivity index (χ1n) is 8.74. The van der Waals surface area contributed by atoms with Crippen LogP contribution in [-0.4, -0.2) is 22.6 Å². The Morgan fingerprint density at radius 3 is 2.28 bits per heavy atom. The Kier molecular flexibility index (Phi) is 5.07. The van der Waals surface area contributed by atoms with Crippen molar-refractivity contribution in [2.24, 2.45) is 0 Å². The van der Waals surface area contributed by atoms with Crippen LogP contribution in [0.15, 0.2) is 73.1 Å². The number of alkyl halides is 2. The predicted octanol–water partition coefficient (Wildman–Crippen LogP) is 5.48. The largest absolute Gasteiger partial charge is 0.435 e. The first kappa shape index (κ1) is 18.4. The molecule has 2 amide bonds. The highest BCUT2D eigenvalue weighted by Crippen LogP contribution is 2.28. The fourth-order valence-electron chi connectivity index (χ4n) is 2.92. The highest BCUT2D eigenvalue weighted by molar-refractivity contribution is 6.00. The number of nitrogens with one attached hydrogen (secondary N) is 3. The lowest BCUT2D eigenvalue weighted by Gasteiger charge is -2.09. The Labute approximate surface area is 164 Å². The van der Waals surface area contributed by atoms with Gasteiger partial charge >= 0.3 is 12.6 Å². The van der Waals surface area contributed by atoms with Gasteiger partial charge in [-0.15, -0.1) is 0 Å². The maximum absolute atomic E-state index is 12.2. The van der Waals surface area contributed by atoms with Crippen LogP contribution < -0.4 is 15.4 Å². The van der Waals surface area contributed by atoms with Gasteiger partial charge in [0.1, 0.15) is 5.75 Å². The van der Waals surface area contributed by atoms with Crippen LogP contribution in [0, 0.1) is 0 Å². The summed E-state index contributed by atoms with van der Waals surface area (Å²) in [4.78, 5) is 19.7. The Bertz CT molecular complexity index is 1130. The summed E-state index contributed by atoms with van der Waals surface area (Å²) in [6, 6.07) is 16.4. The molecule has 29 heavy (non-hydrogen) atoms. The number of benzene rings is 2. The molecular formula is C21H16F2N4O2. The molecule has 8 heteroatoms. The summed E-state index contributed by atoms with van der Waals surface area (Å²) >= 11 is 0. The summed E-state index contributed by atoms with van der Waals surface area (Å²) < 4.78 is 28.6. The van der Waals surface area contributed by atoms with Gasteiger partial charge in [0.2, 0.25) is 0 Å². The number of pyridine rings is 1. The minimum Gasteiger partial charge on any atom is -0.435 e. The van der Waals surface area contributed by atoms with Crippen LogP contribution >= 0.6 is 0 Å². The van der Waals surface area contributed by atoms with Gasteiger partial charge in [-0.3, -0.25) is 4.98 Å². The quantitative estimate of drug-likeness (QED) is 0.420. The molecule has 0 aliphatic rings. The number of halogens is 2. The van der Waals surface area contributed by atoms with E-state index in [0.29, 0.717) is 11.4 Å². The Morgan fingerprint density at radius 2 is 1.62 bits per heavy atom. The van der Waals surface area contributed by atoms with Crippen LogP contribution in [0.2, 0.25) is 0 Å². The van der Waals surface area contributed by atoms with E-state index < -0.39 is 12.6 Å². The molecule has 0 bridgehead atoms. The van der Waals surface area contributed by atoms with Crippen molar-refractivity contribution >= 4 is 28.4 Å². The van der Waals surface area contributed by atoms with Crippen LogP contribution in [0.1, 0.15) is 0 Å². The highest BCUT2D eigenvalue weighted by Gasteiger charge is 2.08. The molecule has 6 nitrogen and oxygen atoms in total. The molecule has 0 saturated carbocycles. The van der Waals surface area contributed by atoms with E-state index in [0.717, 1.165) is 22.2 Å². The van der Waals surface area contributed by atoms with Crippen molar-refractivity contribution in [2.75, 3.05) is 10.6 Å². The molecule has 0 aliphatic heterocycles. The second kappa shape index (κ2) is 7.97. The summed E-state index contributed by atoms with van der Waals surface area (Å²) in [5, 5.41) is 5.35. The number of amides is 2. The average molecular weight is 394 g/mol. The zero-order valence-electron chi connectivity index (χ0n) is 15.0. The van der Waals surface area contributed by atoms with Crippen molar-refractivity contribution in [1.82, 2.24) is 9.97 Å². The number of fused-ring (bicyclic) bond motifs is 1. The number of carbonyl (C=O) groups excluding carboxylic acids is 1. The van der Waals surface area contributed by atoms with E-state index in [9.17, 15) is 13.6 Å². The van der Waals surface area contributed by atoms with Gasteiger partial charge in [0.05, 0.1) is 11.0 Å². The number of carbonyl (C=O) groups is 1. The van der Waals surface area contributed by atoms with Gasteiger partial charge in [0, 0.05) is 29.3 Å². The van der Waals surface area contributed by atoms with E-state index in [4.69, 9.17) is 0 Å². The number of nitrogens with zero attached hydrogens (tertiary/aromatic N) is 1. The standard InChI is InChI=1S/C21H16F2N4O2/c22-20(23)29-16-9-7-15(8-10-16)27-21(28)26-14-5-3-13(4-6-14)17-12-25-18-2-1-11-24-19(17)18/h1-12,20,25H,(H2,26,27,28). The molecule has 3 N–H and O–H groups in total. The van der Waals surface area contributed by atoms with Crippen molar-refractivity contribution in [3.63, 3.8) is 0 Å². The second-order valence-electron chi connectivity index (χ2n) is 6.16. The average Bonchev–Trinajstić information content (AvgIpc) is 3.14. The topological polar surface area (TPSA) is 79.0 Å². The number of H-pyrrole nitrogens is 1. The second-order valence-corrected chi connectivity index (χ2v) is 6.16. The van der Waals surface area contributed by atoms with Crippen molar-refractivity contribution in [2.45, 2.75) is 6.61 Å². The summed E-state index contributed by atoms with van der Waals surface area (Å²) in [6.07, 6.45) is 3.64. The summed E-state index contributed by atoms with van der Waals surface area (Å²) in [5.74, 6) is 0.0216. The van der Waals surface area contributed by atoms with Crippen LogP contribution in [0.4, 0.5) is 25.0 Å². The predicted molar refractivity (Wildman–Crippen MR) is 107 cm³/mol. The molecule has 0 aliphatic carbocycles. The van der Waals surface area contributed by atoms with E-state index in [-0.39, 0.29) is 5.75 Å². The van der Waals surface area contributed by atoms with Crippen molar-refractivity contribution < 1.29 is 18.3 Å². The zero-order valence-corrected chi connectivity index (χ0v) is 15.0. The third-order valence-electron chi connectivity index (χ3n) is 4.23. The fraction of sp³-hybridized carbons (Fsp3) is 0.0476. The van der Waals surface area contributed by atoms with Crippen LogP contribution in [-0.2, 0) is 0 Å². The third kappa shape index (κ3) is 4.32. The first-order valence-corrected chi connectivity index (χ1v) is 8.74. The molecule has 2 heterocycles. The van der Waals surface area contributed by atoms with Crippen molar-refractivity contribution in [3.05, 3.63) is 73.1 Å². The molecule has 4 rings (SSSR count). The summed E-state index contributed by atoms with van der Waals surface area (Å²) in [6.45, 7) is -2.89. The molecule has 0 spiro atoms. The number of ether oxygens (including phenoxy) is 1. The maximum atomic E-state index is 12.2. The van der Waals surface area contributed by atoms with Gasteiger partial charge in [-0.2, -0.15) is 8.78 Å². The van der Waals surface area contributed by atoms with E-state index in [1.807, 2.05) is 30.5 Å². The van der Waals surface area contributed by atoms with Crippen molar-refractivity contribution in [3.8, 4) is 16.9 Å². The van der Waals surface area contributed by atoms with Gasteiger partial charge in [-0.05, 0) is 54.1 Å². The van der Waals surface area contributed by atoms with Gasteiger partial charge < -0.3 is 20.4 Å². The van der Waals surface area contributed by atoms with E-state index in [2.05, 4.69) is 25.3 Å². The minimum absolute atomic E-state index is 0.0216. The number of urea groups is 1. The van der Waals surface area contributed by atoms with Crippen LogP contribution in [0.5, 0.6) is 5.75 Å². The smallest absolute Gasteiger partial charge is 0.387 e. The molecule has 0 atom stereocenters. The number of hydrogen-bond donors (Lipinski definition) is 3. The lowest BCUT2D eigenvalue weighted by molar-refractivity contribution is -0.0498. The van der Waals surface area contributed by atoms with Gasteiger partial charge in [0.25, 0.3) is 0 Å². The molecule has 2 aromatic heterocycles. The third-order valence-corrected chi connectivity index (χ3v) is 4.23. The zero-order chi connectivity index (χ0) is 20.2. The van der Waals surface area contributed by atoms with Crippen molar-refractivity contribution in [1.29, 1.82) is 0 Å². The molecule has 0 radical (unpaired) electrons. The summed E-state index contributed by atoms with van der Waals surface area (Å²) in [5.41, 5.74) is 4.83. The summed E-state index contributed by atoms with van der Waals surface area (Å²) in [7, 11) is 0. The first-order chi connectivity index (χ1) is 14.1. The van der Waals surface area contributed by atoms with Gasteiger partial charge in [0.15, 0.2) is 0 Å². The Balaban J connectivity index is 1.40. The molecule has 0 fully saturated rings. The normalized spacial score (nSPS) is 10.9. The number of rotatable bonds is 5. The lowest BCUT2D eigenvalue weighted by atomic mass is 10.1. The molecule has 0 unspecified atom stereocenters. The van der Waals surface area contributed by atoms with Gasteiger partial charge in [-0.1, -0.05) is 12.1 Å². The van der Waals surface area contributed by atoms with Crippen LogP contribution in [0.3, 0.4) is 0 Å². The maximum Gasteiger partial charge on any atom is 0.387 e. The number of hydrogen-bond acceptors (Lipinski definition) is 3. The fourth-order valence-corrected chi connectivity index (χ4v) is 2.92. The highest BCUT2D eigenvalue weighted by atomic mass is 19.3. The molecule has 146 valence electrons. The van der Waals surface area contributed by atoms with Gasteiger partial charge in [-0.25, -0.2) is 4.79 Å². The SMILES string of the molecule is O=C(Nc1ccc(OC(F)F)cc1)Nc1ccc(-c2c[nH]c3cccnc23)cc1. The number of aromatic nitrogens is 2. The molecular weight excluding hydrogens is 378 g/mol. The molecule has 2 aromatic carbocycles. The molecule has 0 saturated heterocycles. The monoisotopic (exact) mass is 394 g/mol. The number of aromatic amines is 1. The Morgan fingerprint density at radius 1 is 0.966 bits per heavy atom. The van der Waals surface area contributed by atoms with E-state index in [1.54, 1.807) is 18.3 Å². The van der Waals surface area contributed by atoms with E-state index in [1.165, 1.54) is 24.3 Å².